The third-order valence-corrected chi connectivity index (χ3v) is 3.81. The van der Waals surface area contributed by atoms with Crippen molar-refractivity contribution in [2.24, 2.45) is 0 Å². The predicted octanol–water partition coefficient (Wildman–Crippen LogP) is 3.61. The first-order chi connectivity index (χ1) is 8.88. The Morgan fingerprint density at radius 2 is 2.06 bits per heavy atom. The van der Waals surface area contributed by atoms with Crippen LogP contribution in [0, 0.1) is 0 Å². The van der Waals surface area contributed by atoms with Gasteiger partial charge in [-0.25, -0.2) is 0 Å². The highest BCUT2D eigenvalue weighted by molar-refractivity contribution is 7.08. The van der Waals surface area contributed by atoms with Crippen LogP contribution in [0.3, 0.4) is 0 Å². The van der Waals surface area contributed by atoms with Gasteiger partial charge in [0.15, 0.2) is 0 Å². The second-order valence-electron chi connectivity index (χ2n) is 4.24. The molecule has 3 rings (SSSR count). The maximum atomic E-state index is 4.52. The summed E-state index contributed by atoms with van der Waals surface area (Å²) in [7, 11) is 1.98. The van der Waals surface area contributed by atoms with Gasteiger partial charge in [0.25, 0.3) is 0 Å². The first-order valence-electron chi connectivity index (χ1n) is 5.92. The summed E-state index contributed by atoms with van der Waals surface area (Å²) in [5, 5.41) is 8.82. The van der Waals surface area contributed by atoms with E-state index in [0.717, 1.165) is 5.52 Å². The molecule has 0 saturated heterocycles. The van der Waals surface area contributed by atoms with Crippen LogP contribution in [0.5, 0.6) is 0 Å². The van der Waals surface area contributed by atoms with E-state index in [-0.39, 0.29) is 6.04 Å². The molecule has 1 unspecified atom stereocenters. The van der Waals surface area contributed by atoms with Crippen molar-refractivity contribution in [3.8, 4) is 0 Å². The molecule has 2 nitrogen and oxygen atoms in total. The number of thiophene rings is 1. The summed E-state index contributed by atoms with van der Waals surface area (Å²) in [4.78, 5) is 4.52. The van der Waals surface area contributed by atoms with Gasteiger partial charge >= 0.3 is 0 Å². The van der Waals surface area contributed by atoms with Crippen molar-refractivity contribution in [3.05, 3.63) is 64.5 Å². The molecule has 0 saturated carbocycles. The molecule has 2 heterocycles. The van der Waals surface area contributed by atoms with Gasteiger partial charge in [0.05, 0.1) is 11.6 Å². The number of nitrogens with zero attached hydrogens (tertiary/aromatic N) is 1. The average Bonchev–Trinajstić information content (AvgIpc) is 2.93. The fourth-order valence-corrected chi connectivity index (χ4v) is 2.90. The number of aromatic nitrogens is 1. The minimum absolute atomic E-state index is 0.216. The smallest absolute Gasteiger partial charge is 0.0702 e. The van der Waals surface area contributed by atoms with Crippen LogP contribution in [0.1, 0.15) is 17.2 Å². The van der Waals surface area contributed by atoms with Gasteiger partial charge in [-0.3, -0.25) is 4.98 Å². The molecule has 90 valence electrons. The zero-order valence-electron chi connectivity index (χ0n) is 10.1. The van der Waals surface area contributed by atoms with E-state index >= 15 is 0 Å². The van der Waals surface area contributed by atoms with Gasteiger partial charge in [0, 0.05) is 11.6 Å². The lowest BCUT2D eigenvalue weighted by Gasteiger charge is -2.15. The summed E-state index contributed by atoms with van der Waals surface area (Å²) in [6, 6.07) is 12.8. The van der Waals surface area contributed by atoms with E-state index in [1.54, 1.807) is 11.3 Å². The maximum absolute atomic E-state index is 4.52. The zero-order chi connectivity index (χ0) is 12.4. The Labute approximate surface area is 110 Å². The lowest BCUT2D eigenvalue weighted by atomic mass is 10.0. The number of para-hydroxylation sites is 1. The summed E-state index contributed by atoms with van der Waals surface area (Å²) in [5.74, 6) is 0. The molecule has 0 amide bonds. The molecule has 1 aromatic carbocycles. The second-order valence-corrected chi connectivity index (χ2v) is 5.02. The average molecular weight is 254 g/mol. The van der Waals surface area contributed by atoms with Crippen LogP contribution in [-0.2, 0) is 0 Å². The van der Waals surface area contributed by atoms with Gasteiger partial charge in [-0.1, -0.05) is 18.2 Å². The number of hydrogen-bond donors (Lipinski definition) is 1. The topological polar surface area (TPSA) is 24.9 Å². The third kappa shape index (κ3) is 2.03. The Bertz CT molecular complexity index is 646. The van der Waals surface area contributed by atoms with E-state index in [1.165, 1.54) is 16.5 Å². The molecule has 0 fully saturated rings. The minimum atomic E-state index is 0.216. The van der Waals surface area contributed by atoms with Crippen LogP contribution in [0.15, 0.2) is 53.4 Å². The third-order valence-electron chi connectivity index (χ3n) is 3.11. The van der Waals surface area contributed by atoms with Gasteiger partial charge in [-0.2, -0.15) is 11.3 Å². The molecule has 0 spiro atoms. The number of hydrogen-bond acceptors (Lipinski definition) is 3. The Morgan fingerprint density at radius 3 is 2.83 bits per heavy atom. The van der Waals surface area contributed by atoms with E-state index in [0.29, 0.717) is 0 Å². The number of benzene rings is 1. The Balaban J connectivity index is 2.07. The molecule has 0 bridgehead atoms. The predicted molar refractivity (Wildman–Crippen MR) is 77.0 cm³/mol. The highest BCUT2D eigenvalue weighted by atomic mass is 32.1. The van der Waals surface area contributed by atoms with Crippen LogP contribution in [0.4, 0.5) is 0 Å². The van der Waals surface area contributed by atoms with E-state index in [1.807, 2.05) is 31.4 Å². The molecule has 0 aliphatic rings. The number of pyridine rings is 1. The van der Waals surface area contributed by atoms with Crippen molar-refractivity contribution in [3.63, 3.8) is 0 Å². The SMILES string of the molecule is CNC(c1ccsc1)c1cnc2ccccc2c1. The van der Waals surface area contributed by atoms with Gasteiger partial charge in [-0.05, 0) is 47.1 Å². The Kier molecular flexibility index (Phi) is 3.09. The van der Waals surface area contributed by atoms with Crippen molar-refractivity contribution in [2.45, 2.75) is 6.04 Å². The standard InChI is InChI=1S/C15H14N2S/c1-16-15(12-6-7-18-10-12)13-8-11-4-2-3-5-14(11)17-9-13/h2-10,15-16H,1H3. The first-order valence-corrected chi connectivity index (χ1v) is 6.87. The molecule has 3 heteroatoms. The van der Waals surface area contributed by atoms with E-state index < -0.39 is 0 Å². The molecular formula is C15H14N2S. The Hall–Kier alpha value is -1.71. The van der Waals surface area contributed by atoms with Crippen LogP contribution < -0.4 is 5.32 Å². The van der Waals surface area contributed by atoms with Crippen LogP contribution in [0.2, 0.25) is 0 Å². The molecule has 18 heavy (non-hydrogen) atoms. The summed E-state index contributed by atoms with van der Waals surface area (Å²) in [5.41, 5.74) is 3.54. The van der Waals surface area contributed by atoms with Crippen molar-refractivity contribution < 1.29 is 0 Å². The summed E-state index contributed by atoms with van der Waals surface area (Å²) >= 11 is 1.72. The van der Waals surface area contributed by atoms with Crippen LogP contribution in [0.25, 0.3) is 10.9 Å². The monoisotopic (exact) mass is 254 g/mol. The van der Waals surface area contributed by atoms with E-state index in [2.05, 4.69) is 39.3 Å². The summed E-state index contributed by atoms with van der Waals surface area (Å²) < 4.78 is 0. The number of nitrogens with one attached hydrogen (secondary N) is 1. The van der Waals surface area contributed by atoms with Crippen molar-refractivity contribution in [1.82, 2.24) is 10.3 Å². The Morgan fingerprint density at radius 1 is 1.17 bits per heavy atom. The summed E-state index contributed by atoms with van der Waals surface area (Å²) in [6.45, 7) is 0. The molecule has 2 aromatic heterocycles. The maximum Gasteiger partial charge on any atom is 0.0702 e. The van der Waals surface area contributed by atoms with Gasteiger partial charge in [-0.15, -0.1) is 0 Å². The molecule has 0 aliphatic heterocycles. The van der Waals surface area contributed by atoms with Gasteiger partial charge in [0.1, 0.15) is 0 Å². The van der Waals surface area contributed by atoms with Crippen molar-refractivity contribution >= 4 is 22.2 Å². The van der Waals surface area contributed by atoms with Crippen molar-refractivity contribution in [1.29, 1.82) is 0 Å². The highest BCUT2D eigenvalue weighted by Crippen LogP contribution is 2.25. The minimum Gasteiger partial charge on any atom is -0.309 e. The largest absolute Gasteiger partial charge is 0.309 e. The fraction of sp³-hybridized carbons (Fsp3) is 0.133. The van der Waals surface area contributed by atoms with Gasteiger partial charge in [0.2, 0.25) is 0 Å². The van der Waals surface area contributed by atoms with E-state index in [4.69, 9.17) is 0 Å². The first kappa shape index (κ1) is 11.4. The molecular weight excluding hydrogens is 240 g/mol. The summed E-state index contributed by atoms with van der Waals surface area (Å²) in [6.07, 6.45) is 1.96. The second kappa shape index (κ2) is 4.88. The van der Waals surface area contributed by atoms with E-state index in [9.17, 15) is 0 Å². The lowest BCUT2D eigenvalue weighted by molar-refractivity contribution is 0.692. The molecule has 0 radical (unpaired) electrons. The van der Waals surface area contributed by atoms with Gasteiger partial charge < -0.3 is 5.32 Å². The van der Waals surface area contributed by atoms with Crippen LogP contribution >= 0.6 is 11.3 Å². The fourth-order valence-electron chi connectivity index (χ4n) is 2.21. The lowest BCUT2D eigenvalue weighted by Crippen LogP contribution is -2.17. The molecule has 0 aliphatic carbocycles. The number of rotatable bonds is 3. The van der Waals surface area contributed by atoms with Crippen LogP contribution in [-0.4, -0.2) is 12.0 Å². The molecule has 3 aromatic rings. The highest BCUT2D eigenvalue weighted by Gasteiger charge is 2.12. The number of fused-ring (bicyclic) bond motifs is 1. The molecule has 1 atom stereocenters. The van der Waals surface area contributed by atoms with Crippen molar-refractivity contribution in [2.75, 3.05) is 7.05 Å². The molecule has 1 N–H and O–H groups in total. The normalized spacial score (nSPS) is 12.7. The quantitative estimate of drug-likeness (QED) is 0.772. The zero-order valence-corrected chi connectivity index (χ0v) is 10.9.